The van der Waals surface area contributed by atoms with Gasteiger partial charge in [-0.15, -0.1) is 0 Å². The van der Waals surface area contributed by atoms with E-state index in [9.17, 15) is 4.79 Å². The second-order valence-electron chi connectivity index (χ2n) is 5.32. The van der Waals surface area contributed by atoms with Gasteiger partial charge in [0.15, 0.2) is 0 Å². The molecular weight excluding hydrogens is 311 g/mol. The van der Waals surface area contributed by atoms with Crippen LogP contribution in [0.5, 0.6) is 0 Å². The molecule has 0 fully saturated rings. The maximum absolute atomic E-state index is 11.9. The van der Waals surface area contributed by atoms with Gasteiger partial charge in [-0.2, -0.15) is 0 Å². The van der Waals surface area contributed by atoms with E-state index in [-0.39, 0.29) is 12.0 Å². The van der Waals surface area contributed by atoms with Gasteiger partial charge >= 0.3 is 0 Å². The summed E-state index contributed by atoms with van der Waals surface area (Å²) >= 11 is 11.8. The zero-order valence-corrected chi connectivity index (χ0v) is 14.1. The third kappa shape index (κ3) is 6.12. The lowest BCUT2D eigenvalue weighted by Crippen LogP contribution is -2.18. The highest BCUT2D eigenvalue weighted by Crippen LogP contribution is 2.32. The van der Waals surface area contributed by atoms with E-state index in [2.05, 4.69) is 19.2 Å². The summed E-state index contributed by atoms with van der Waals surface area (Å²) in [5, 5.41) is 3.47. The minimum Gasteiger partial charge on any atom is -0.397 e. The van der Waals surface area contributed by atoms with Crippen LogP contribution in [-0.4, -0.2) is 18.6 Å². The van der Waals surface area contributed by atoms with Gasteiger partial charge in [0.2, 0.25) is 5.91 Å². The monoisotopic (exact) mass is 332 g/mol. The highest BCUT2D eigenvalue weighted by Gasteiger charge is 2.11. The number of carbonyl (C=O) groups is 1. The van der Waals surface area contributed by atoms with E-state index in [1.165, 1.54) is 0 Å². The topological polar surface area (TPSA) is 64.3 Å². The molecule has 0 spiro atoms. The zero-order valence-electron chi connectivity index (χ0n) is 12.6. The molecule has 3 N–H and O–H groups in total. The van der Waals surface area contributed by atoms with Gasteiger partial charge < -0.3 is 15.8 Å². The lowest BCUT2D eigenvalue weighted by atomic mass is 10.1. The number of ether oxygens (including phenoxy) is 1. The van der Waals surface area contributed by atoms with E-state index in [1.807, 2.05) is 6.92 Å². The molecule has 0 radical (unpaired) electrons. The number of nitrogens with two attached hydrogens (primary N) is 1. The van der Waals surface area contributed by atoms with Crippen molar-refractivity contribution in [3.8, 4) is 0 Å². The van der Waals surface area contributed by atoms with Crippen LogP contribution in [0.4, 0.5) is 11.4 Å². The Kier molecular flexibility index (Phi) is 7.29. The lowest BCUT2D eigenvalue weighted by molar-refractivity contribution is -0.116. The van der Waals surface area contributed by atoms with Crippen LogP contribution in [0.15, 0.2) is 12.1 Å². The first-order valence-corrected chi connectivity index (χ1v) is 7.72. The predicted octanol–water partition coefficient (Wildman–Crippen LogP) is 4.36. The fourth-order valence-electron chi connectivity index (χ4n) is 1.62. The smallest absolute Gasteiger partial charge is 0.224 e. The number of hydrogen-bond acceptors (Lipinski definition) is 3. The molecule has 0 bridgehead atoms. The summed E-state index contributed by atoms with van der Waals surface area (Å²) in [4.78, 5) is 11.9. The van der Waals surface area contributed by atoms with Crippen molar-refractivity contribution >= 4 is 40.5 Å². The summed E-state index contributed by atoms with van der Waals surface area (Å²) in [6.45, 7) is 6.78. The second kappa shape index (κ2) is 8.47. The Balaban J connectivity index is 2.41. The summed E-state index contributed by atoms with van der Waals surface area (Å²) < 4.78 is 5.62. The Bertz CT molecular complexity index is 470. The average Bonchev–Trinajstić information content (AvgIpc) is 2.38. The van der Waals surface area contributed by atoms with E-state index < -0.39 is 0 Å². The van der Waals surface area contributed by atoms with Crippen molar-refractivity contribution in [3.05, 3.63) is 22.2 Å². The van der Waals surface area contributed by atoms with Crippen LogP contribution in [0, 0.1) is 5.92 Å². The number of amides is 1. The zero-order chi connectivity index (χ0) is 16.0. The summed E-state index contributed by atoms with van der Waals surface area (Å²) in [5.41, 5.74) is 6.55. The van der Waals surface area contributed by atoms with E-state index in [4.69, 9.17) is 33.7 Å². The lowest BCUT2D eigenvalue weighted by Gasteiger charge is -2.16. The predicted molar refractivity (Wildman–Crippen MR) is 89.0 cm³/mol. The fraction of sp³-hybridized carbons (Fsp3) is 0.533. The quantitative estimate of drug-likeness (QED) is 0.576. The van der Waals surface area contributed by atoms with Crippen LogP contribution >= 0.6 is 23.2 Å². The molecule has 0 heterocycles. The highest BCUT2D eigenvalue weighted by molar-refractivity contribution is 6.37. The SMILES string of the molecule is CC(C)C(C)OCCCC(=O)Nc1c(N)cc(Cl)cc1Cl. The maximum Gasteiger partial charge on any atom is 0.224 e. The minimum absolute atomic E-state index is 0.147. The number of rotatable bonds is 7. The normalized spacial score (nSPS) is 12.5. The van der Waals surface area contributed by atoms with E-state index >= 15 is 0 Å². The summed E-state index contributed by atoms with van der Waals surface area (Å²) in [7, 11) is 0. The first-order chi connectivity index (χ1) is 9.81. The van der Waals surface area contributed by atoms with Crippen molar-refractivity contribution in [1.82, 2.24) is 0 Å². The number of hydrogen-bond donors (Lipinski definition) is 2. The molecule has 118 valence electrons. The average molecular weight is 333 g/mol. The van der Waals surface area contributed by atoms with Crippen LogP contribution in [0.1, 0.15) is 33.6 Å². The molecule has 0 saturated carbocycles. The molecular formula is C15H22Cl2N2O2. The molecule has 1 aromatic rings. The van der Waals surface area contributed by atoms with Crippen molar-refractivity contribution in [2.24, 2.45) is 5.92 Å². The van der Waals surface area contributed by atoms with Crippen LogP contribution in [-0.2, 0) is 9.53 Å². The van der Waals surface area contributed by atoms with E-state index in [1.54, 1.807) is 12.1 Å². The number of nitrogen functional groups attached to an aromatic ring is 1. The molecule has 1 rings (SSSR count). The van der Waals surface area contributed by atoms with E-state index in [0.29, 0.717) is 46.8 Å². The molecule has 6 heteroatoms. The number of nitrogens with one attached hydrogen (secondary N) is 1. The molecule has 1 aromatic carbocycles. The summed E-state index contributed by atoms with van der Waals surface area (Å²) in [6, 6.07) is 3.10. The van der Waals surface area contributed by atoms with Crippen molar-refractivity contribution < 1.29 is 9.53 Å². The van der Waals surface area contributed by atoms with Crippen molar-refractivity contribution in [2.45, 2.75) is 39.7 Å². The number of benzene rings is 1. The van der Waals surface area contributed by atoms with Crippen LogP contribution in [0.25, 0.3) is 0 Å². The number of halogens is 2. The first kappa shape index (κ1) is 18.1. The molecule has 4 nitrogen and oxygen atoms in total. The Hall–Kier alpha value is -0.970. The highest BCUT2D eigenvalue weighted by atomic mass is 35.5. The van der Waals surface area contributed by atoms with Crippen LogP contribution < -0.4 is 11.1 Å². The Morgan fingerprint density at radius 3 is 2.57 bits per heavy atom. The van der Waals surface area contributed by atoms with Crippen molar-refractivity contribution in [3.63, 3.8) is 0 Å². The van der Waals surface area contributed by atoms with Gasteiger partial charge in [-0.1, -0.05) is 37.0 Å². The fourth-order valence-corrected chi connectivity index (χ4v) is 2.18. The third-order valence-corrected chi connectivity index (χ3v) is 3.73. The van der Waals surface area contributed by atoms with Gasteiger partial charge in [0.05, 0.1) is 22.5 Å². The van der Waals surface area contributed by atoms with Gasteiger partial charge in [-0.25, -0.2) is 0 Å². The first-order valence-electron chi connectivity index (χ1n) is 6.97. The standard InChI is InChI=1S/C15H22Cl2N2O2/c1-9(2)10(3)21-6-4-5-14(20)19-15-12(17)7-11(16)8-13(15)18/h7-10H,4-6,18H2,1-3H3,(H,19,20). The Labute approximate surface area is 135 Å². The van der Waals surface area contributed by atoms with Gasteiger partial charge in [-0.05, 0) is 31.4 Å². The Morgan fingerprint density at radius 1 is 1.33 bits per heavy atom. The van der Waals surface area contributed by atoms with Crippen molar-refractivity contribution in [1.29, 1.82) is 0 Å². The van der Waals surface area contributed by atoms with Crippen LogP contribution in [0.3, 0.4) is 0 Å². The summed E-state index contributed by atoms with van der Waals surface area (Å²) in [5.74, 6) is 0.318. The van der Waals surface area contributed by atoms with Gasteiger partial charge in [0.25, 0.3) is 0 Å². The van der Waals surface area contributed by atoms with Gasteiger partial charge in [-0.3, -0.25) is 4.79 Å². The number of carbonyl (C=O) groups excluding carboxylic acids is 1. The molecule has 0 aliphatic heterocycles. The third-order valence-electron chi connectivity index (χ3n) is 3.22. The molecule has 0 saturated heterocycles. The van der Waals surface area contributed by atoms with E-state index in [0.717, 1.165) is 0 Å². The summed E-state index contributed by atoms with van der Waals surface area (Å²) in [6.07, 6.45) is 1.19. The van der Waals surface area contributed by atoms with Crippen LogP contribution in [0.2, 0.25) is 10.0 Å². The molecule has 0 aliphatic rings. The minimum atomic E-state index is -0.147. The molecule has 0 aromatic heterocycles. The molecule has 0 aliphatic carbocycles. The van der Waals surface area contributed by atoms with Crippen molar-refractivity contribution in [2.75, 3.05) is 17.7 Å². The number of anilines is 2. The molecule has 1 amide bonds. The second-order valence-corrected chi connectivity index (χ2v) is 6.17. The maximum atomic E-state index is 11.9. The van der Waals surface area contributed by atoms with Gasteiger partial charge in [0.1, 0.15) is 0 Å². The molecule has 1 unspecified atom stereocenters. The molecule has 1 atom stereocenters. The molecule has 21 heavy (non-hydrogen) atoms. The van der Waals surface area contributed by atoms with Gasteiger partial charge in [0, 0.05) is 18.1 Å². The largest absolute Gasteiger partial charge is 0.397 e. The Morgan fingerprint density at radius 2 is 2.00 bits per heavy atom.